The predicted molar refractivity (Wildman–Crippen MR) is 115 cm³/mol. The summed E-state index contributed by atoms with van der Waals surface area (Å²) in [5.74, 6) is -0.387. The van der Waals surface area contributed by atoms with Gasteiger partial charge in [-0.25, -0.2) is 5.48 Å². The predicted octanol–water partition coefficient (Wildman–Crippen LogP) is 3.98. The van der Waals surface area contributed by atoms with Crippen LogP contribution < -0.4 is 5.48 Å². The molecule has 3 N–H and O–H groups in total. The Labute approximate surface area is 173 Å². The van der Waals surface area contributed by atoms with E-state index < -0.39 is 6.10 Å². The Morgan fingerprint density at radius 3 is 2.11 bits per heavy atom. The summed E-state index contributed by atoms with van der Waals surface area (Å²) in [6, 6.07) is 16.6. The first-order valence-electron chi connectivity index (χ1n) is 9.44. The number of rotatable bonds is 10. The zero-order chi connectivity index (χ0) is 19.6. The molecule has 0 aromatic heterocycles. The fraction of sp³-hybridized carbons (Fsp3) is 0.409. The molecule has 1 atom stereocenters. The molecule has 0 fully saturated rings. The van der Waals surface area contributed by atoms with E-state index in [1.165, 1.54) is 11.1 Å². The van der Waals surface area contributed by atoms with E-state index in [-0.39, 0.29) is 24.7 Å². The molecule has 2 rings (SSSR count). The maximum absolute atomic E-state index is 11.0. The Bertz CT molecular complexity index is 703. The third-order valence-electron chi connectivity index (χ3n) is 4.69. The van der Waals surface area contributed by atoms with Crippen LogP contribution in [0.3, 0.4) is 0 Å². The zero-order valence-corrected chi connectivity index (χ0v) is 17.4. The normalized spacial score (nSPS) is 11.8. The highest BCUT2D eigenvalue weighted by Crippen LogP contribution is 2.25. The molecule has 28 heavy (non-hydrogen) atoms. The van der Waals surface area contributed by atoms with Gasteiger partial charge >= 0.3 is 0 Å². The van der Waals surface area contributed by atoms with Crippen LogP contribution >= 0.6 is 12.4 Å². The number of benzene rings is 2. The van der Waals surface area contributed by atoms with E-state index in [0.717, 1.165) is 30.5 Å². The minimum absolute atomic E-state index is 0. The highest BCUT2D eigenvalue weighted by molar-refractivity contribution is 5.85. The van der Waals surface area contributed by atoms with Crippen LogP contribution in [0.25, 0.3) is 11.1 Å². The Kier molecular flexibility index (Phi) is 10.8. The molecule has 0 aliphatic rings. The number of unbranched alkanes of at least 4 members (excludes halogenated alkanes) is 1. The van der Waals surface area contributed by atoms with Crippen molar-refractivity contribution in [2.45, 2.75) is 38.2 Å². The first-order valence-corrected chi connectivity index (χ1v) is 9.44. The number of carbonyl (C=O) groups excluding carboxylic acids is 1. The molecule has 2 aromatic carbocycles. The van der Waals surface area contributed by atoms with Crippen molar-refractivity contribution in [3.8, 4) is 11.1 Å². The molecular formula is C22H31ClN2O3. The van der Waals surface area contributed by atoms with Crippen molar-refractivity contribution in [1.29, 1.82) is 0 Å². The molecule has 0 unspecified atom stereocenters. The maximum Gasteiger partial charge on any atom is 0.243 e. The van der Waals surface area contributed by atoms with Gasteiger partial charge in [0.05, 0.1) is 6.10 Å². The van der Waals surface area contributed by atoms with Crippen molar-refractivity contribution in [3.05, 3.63) is 59.7 Å². The maximum atomic E-state index is 11.0. The molecule has 154 valence electrons. The van der Waals surface area contributed by atoms with Crippen LogP contribution in [-0.2, 0) is 11.2 Å². The lowest BCUT2D eigenvalue weighted by Crippen LogP contribution is -2.17. The lowest BCUT2D eigenvalue weighted by Gasteiger charge is -2.12. The molecule has 1 amide bonds. The van der Waals surface area contributed by atoms with Crippen LogP contribution in [0, 0.1) is 0 Å². The lowest BCUT2D eigenvalue weighted by molar-refractivity contribution is -0.129. The van der Waals surface area contributed by atoms with Crippen LogP contribution in [0.1, 0.15) is 42.9 Å². The van der Waals surface area contributed by atoms with Gasteiger partial charge in [0.25, 0.3) is 0 Å². The molecular weight excluding hydrogens is 376 g/mol. The second kappa shape index (κ2) is 12.5. The largest absolute Gasteiger partial charge is 0.388 e. The molecule has 5 nitrogen and oxygen atoms in total. The first kappa shape index (κ1) is 24.1. The number of nitrogens with one attached hydrogen (secondary N) is 1. The standard InChI is InChI=1S/C22H30N2O3.ClH/c1-24(2)16-15-17-7-9-18(10-8-17)19-11-13-20(14-12-19)21(25)5-3-4-6-22(26)23-27;/h7-14,21,25,27H,3-6,15-16H2,1-2H3,(H,23,26);1H/t21-;/m1./s1. The lowest BCUT2D eigenvalue weighted by atomic mass is 9.98. The highest BCUT2D eigenvalue weighted by atomic mass is 35.5. The monoisotopic (exact) mass is 406 g/mol. The number of aliphatic hydroxyl groups is 1. The quantitative estimate of drug-likeness (QED) is 0.317. The minimum Gasteiger partial charge on any atom is -0.388 e. The average molecular weight is 407 g/mol. The topological polar surface area (TPSA) is 72.8 Å². The van der Waals surface area contributed by atoms with Crippen LogP contribution in [0.5, 0.6) is 0 Å². The van der Waals surface area contributed by atoms with Crippen molar-refractivity contribution in [2.24, 2.45) is 0 Å². The second-order valence-electron chi connectivity index (χ2n) is 7.17. The number of hydroxylamine groups is 1. The fourth-order valence-corrected chi connectivity index (χ4v) is 2.96. The Hall–Kier alpha value is -1.92. The molecule has 0 aliphatic heterocycles. The van der Waals surface area contributed by atoms with Gasteiger partial charge in [-0.3, -0.25) is 10.0 Å². The summed E-state index contributed by atoms with van der Waals surface area (Å²) in [7, 11) is 4.16. The third kappa shape index (κ3) is 7.98. The van der Waals surface area contributed by atoms with Gasteiger partial charge in [-0.15, -0.1) is 12.4 Å². The average Bonchev–Trinajstić information content (AvgIpc) is 2.69. The van der Waals surface area contributed by atoms with Crippen LogP contribution in [-0.4, -0.2) is 41.8 Å². The number of likely N-dealkylation sites (N-methyl/N-ethyl adjacent to an activating group) is 1. The van der Waals surface area contributed by atoms with E-state index in [0.29, 0.717) is 12.8 Å². The van der Waals surface area contributed by atoms with Gasteiger partial charge < -0.3 is 10.0 Å². The van der Waals surface area contributed by atoms with Gasteiger partial charge in [0, 0.05) is 13.0 Å². The molecule has 0 aliphatic carbocycles. The van der Waals surface area contributed by atoms with Crippen molar-refractivity contribution >= 4 is 18.3 Å². The number of hydrogen-bond donors (Lipinski definition) is 3. The number of hydrogen-bond acceptors (Lipinski definition) is 4. The number of aliphatic hydroxyl groups excluding tert-OH is 1. The molecule has 0 bridgehead atoms. The van der Waals surface area contributed by atoms with Gasteiger partial charge in [0.2, 0.25) is 5.91 Å². The Morgan fingerprint density at radius 2 is 1.57 bits per heavy atom. The molecule has 0 saturated carbocycles. The molecule has 2 aromatic rings. The van der Waals surface area contributed by atoms with E-state index in [1.54, 1.807) is 5.48 Å². The van der Waals surface area contributed by atoms with E-state index >= 15 is 0 Å². The van der Waals surface area contributed by atoms with E-state index in [1.807, 2.05) is 24.3 Å². The Morgan fingerprint density at radius 1 is 1.00 bits per heavy atom. The number of halogens is 1. The molecule has 0 heterocycles. The van der Waals surface area contributed by atoms with Gasteiger partial charge in [-0.05, 0) is 55.6 Å². The summed E-state index contributed by atoms with van der Waals surface area (Å²) in [5.41, 5.74) is 6.12. The van der Waals surface area contributed by atoms with Gasteiger partial charge in [-0.1, -0.05) is 55.0 Å². The zero-order valence-electron chi connectivity index (χ0n) is 16.6. The van der Waals surface area contributed by atoms with E-state index in [4.69, 9.17) is 5.21 Å². The SMILES string of the molecule is CN(C)CCc1ccc(-c2ccc([C@H](O)CCCCC(=O)NO)cc2)cc1.Cl. The minimum atomic E-state index is -0.537. The molecule has 0 saturated heterocycles. The van der Waals surface area contributed by atoms with Crippen molar-refractivity contribution < 1.29 is 15.1 Å². The summed E-state index contributed by atoms with van der Waals surface area (Å²) < 4.78 is 0. The third-order valence-corrected chi connectivity index (χ3v) is 4.69. The Balaban J connectivity index is 0.00000392. The van der Waals surface area contributed by atoms with Crippen LogP contribution in [0.2, 0.25) is 0 Å². The first-order chi connectivity index (χ1) is 13.0. The number of carbonyl (C=O) groups is 1. The van der Waals surface area contributed by atoms with Crippen molar-refractivity contribution in [1.82, 2.24) is 10.4 Å². The summed E-state index contributed by atoms with van der Waals surface area (Å²) in [6.07, 6.45) is 2.74. The van der Waals surface area contributed by atoms with Gasteiger partial charge in [-0.2, -0.15) is 0 Å². The van der Waals surface area contributed by atoms with Gasteiger partial charge in [0.1, 0.15) is 0 Å². The highest BCUT2D eigenvalue weighted by Gasteiger charge is 2.08. The van der Waals surface area contributed by atoms with Crippen LogP contribution in [0.15, 0.2) is 48.5 Å². The summed E-state index contributed by atoms with van der Waals surface area (Å²) in [5, 5.41) is 18.7. The van der Waals surface area contributed by atoms with E-state index in [2.05, 4.69) is 43.3 Å². The van der Waals surface area contributed by atoms with Crippen LogP contribution in [0.4, 0.5) is 0 Å². The van der Waals surface area contributed by atoms with E-state index in [9.17, 15) is 9.90 Å². The molecule has 0 radical (unpaired) electrons. The number of amides is 1. The van der Waals surface area contributed by atoms with Crippen molar-refractivity contribution in [2.75, 3.05) is 20.6 Å². The summed E-state index contributed by atoms with van der Waals surface area (Å²) >= 11 is 0. The second-order valence-corrected chi connectivity index (χ2v) is 7.17. The molecule has 6 heteroatoms. The smallest absolute Gasteiger partial charge is 0.243 e. The number of nitrogens with zero attached hydrogens (tertiary/aromatic N) is 1. The summed E-state index contributed by atoms with van der Waals surface area (Å²) in [4.78, 5) is 13.1. The molecule has 0 spiro atoms. The fourth-order valence-electron chi connectivity index (χ4n) is 2.96. The summed E-state index contributed by atoms with van der Waals surface area (Å²) in [6.45, 7) is 1.04. The van der Waals surface area contributed by atoms with Gasteiger partial charge in [0.15, 0.2) is 0 Å². The van der Waals surface area contributed by atoms with Crippen molar-refractivity contribution in [3.63, 3.8) is 0 Å².